The van der Waals surface area contributed by atoms with Gasteiger partial charge in [-0.2, -0.15) is 4.98 Å². The van der Waals surface area contributed by atoms with Gasteiger partial charge in [0.05, 0.1) is 11.2 Å². The standard InChI is InChI=1S/C21H17FN2O4S/c1-14-4-10-17(11-5-14)29(25,26)21-20(23-13-15-6-8-16(22)9-7-15)28-19(24-21)18-3-2-12-27-18/h2-12,23H,13H2,1H3. The van der Waals surface area contributed by atoms with Crippen molar-refractivity contribution < 1.29 is 21.6 Å². The van der Waals surface area contributed by atoms with Gasteiger partial charge >= 0.3 is 0 Å². The maximum absolute atomic E-state index is 13.2. The van der Waals surface area contributed by atoms with E-state index in [1.54, 1.807) is 36.4 Å². The van der Waals surface area contributed by atoms with Crippen molar-refractivity contribution in [2.75, 3.05) is 5.32 Å². The average Bonchev–Trinajstić information content (AvgIpc) is 3.38. The zero-order chi connectivity index (χ0) is 20.4. The molecule has 2 heterocycles. The molecule has 0 saturated carbocycles. The molecular weight excluding hydrogens is 395 g/mol. The van der Waals surface area contributed by atoms with Crippen LogP contribution >= 0.6 is 0 Å². The van der Waals surface area contributed by atoms with Crippen LogP contribution in [0.25, 0.3) is 11.7 Å². The van der Waals surface area contributed by atoms with Gasteiger partial charge in [0.2, 0.25) is 20.7 Å². The number of oxazole rings is 1. The van der Waals surface area contributed by atoms with Gasteiger partial charge in [-0.05, 0) is 48.9 Å². The number of aryl methyl sites for hydroxylation is 1. The van der Waals surface area contributed by atoms with Crippen LogP contribution < -0.4 is 5.32 Å². The Labute approximate surface area is 166 Å². The van der Waals surface area contributed by atoms with Crippen molar-refractivity contribution in [2.45, 2.75) is 23.4 Å². The van der Waals surface area contributed by atoms with Crippen LogP contribution in [0.5, 0.6) is 0 Å². The minimum Gasteiger partial charge on any atom is -0.459 e. The molecule has 0 amide bonds. The highest BCUT2D eigenvalue weighted by atomic mass is 32.2. The summed E-state index contributed by atoms with van der Waals surface area (Å²) in [5.74, 6) is -0.0139. The fraction of sp³-hybridized carbons (Fsp3) is 0.0952. The first-order chi connectivity index (χ1) is 13.9. The molecule has 0 atom stereocenters. The number of aromatic nitrogens is 1. The van der Waals surface area contributed by atoms with E-state index < -0.39 is 9.84 Å². The lowest BCUT2D eigenvalue weighted by molar-refractivity contribution is 0.522. The summed E-state index contributed by atoms with van der Waals surface area (Å²) in [6.07, 6.45) is 1.44. The Hall–Kier alpha value is -3.39. The third-order valence-electron chi connectivity index (χ3n) is 4.28. The molecule has 0 aliphatic carbocycles. The molecule has 1 N–H and O–H groups in total. The normalized spacial score (nSPS) is 11.5. The molecule has 0 spiro atoms. The maximum Gasteiger partial charge on any atom is 0.266 e. The fourth-order valence-corrected chi connectivity index (χ4v) is 4.00. The minimum absolute atomic E-state index is 0.0127. The Morgan fingerprint density at radius 1 is 1.03 bits per heavy atom. The van der Waals surface area contributed by atoms with E-state index in [1.165, 1.54) is 30.5 Å². The number of anilines is 1. The van der Waals surface area contributed by atoms with E-state index in [9.17, 15) is 12.8 Å². The molecule has 2 aromatic carbocycles. The van der Waals surface area contributed by atoms with Crippen molar-refractivity contribution in [3.8, 4) is 11.7 Å². The van der Waals surface area contributed by atoms with Crippen molar-refractivity contribution >= 4 is 15.7 Å². The fourth-order valence-electron chi connectivity index (χ4n) is 2.72. The number of benzene rings is 2. The molecule has 0 aliphatic heterocycles. The summed E-state index contributed by atoms with van der Waals surface area (Å²) in [4.78, 5) is 4.28. The quantitative estimate of drug-likeness (QED) is 0.488. The smallest absolute Gasteiger partial charge is 0.266 e. The Kier molecular flexibility index (Phi) is 4.94. The predicted molar refractivity (Wildman–Crippen MR) is 105 cm³/mol. The van der Waals surface area contributed by atoms with Gasteiger partial charge in [-0.1, -0.05) is 29.8 Å². The lowest BCUT2D eigenvalue weighted by Gasteiger charge is -2.06. The lowest BCUT2D eigenvalue weighted by atomic mass is 10.2. The van der Waals surface area contributed by atoms with Crippen molar-refractivity contribution in [1.29, 1.82) is 0 Å². The summed E-state index contributed by atoms with van der Waals surface area (Å²) in [5, 5.41) is 2.71. The van der Waals surface area contributed by atoms with Crippen molar-refractivity contribution in [3.63, 3.8) is 0 Å². The number of halogens is 1. The molecular formula is C21H17FN2O4S. The second-order valence-corrected chi connectivity index (χ2v) is 8.29. The van der Waals surface area contributed by atoms with Crippen LogP contribution in [0, 0.1) is 12.7 Å². The van der Waals surface area contributed by atoms with E-state index in [-0.39, 0.29) is 34.1 Å². The third-order valence-corrected chi connectivity index (χ3v) is 5.96. The number of nitrogens with one attached hydrogen (secondary N) is 1. The second kappa shape index (κ2) is 7.56. The lowest BCUT2D eigenvalue weighted by Crippen LogP contribution is -2.07. The monoisotopic (exact) mass is 412 g/mol. The van der Waals surface area contributed by atoms with Crippen molar-refractivity contribution in [1.82, 2.24) is 4.98 Å². The van der Waals surface area contributed by atoms with Crippen LogP contribution in [0.2, 0.25) is 0 Å². The van der Waals surface area contributed by atoms with E-state index in [0.29, 0.717) is 5.76 Å². The van der Waals surface area contributed by atoms with Crippen molar-refractivity contribution in [2.24, 2.45) is 0 Å². The first-order valence-corrected chi connectivity index (χ1v) is 10.3. The molecule has 0 radical (unpaired) electrons. The van der Waals surface area contributed by atoms with E-state index in [2.05, 4.69) is 10.3 Å². The molecule has 148 valence electrons. The molecule has 0 fully saturated rings. The summed E-state index contributed by atoms with van der Waals surface area (Å²) >= 11 is 0. The molecule has 0 saturated heterocycles. The Balaban J connectivity index is 1.73. The maximum atomic E-state index is 13.2. The summed E-state index contributed by atoms with van der Waals surface area (Å²) in [6, 6.07) is 15.6. The summed E-state index contributed by atoms with van der Waals surface area (Å²) in [6.45, 7) is 2.10. The SMILES string of the molecule is Cc1ccc(S(=O)(=O)c2nc(-c3ccco3)oc2NCc2ccc(F)cc2)cc1. The Morgan fingerprint density at radius 2 is 1.76 bits per heavy atom. The zero-order valence-corrected chi connectivity index (χ0v) is 16.2. The van der Waals surface area contributed by atoms with Crippen LogP contribution in [-0.4, -0.2) is 13.4 Å². The first kappa shape index (κ1) is 18.9. The number of rotatable bonds is 6. The van der Waals surface area contributed by atoms with Crippen LogP contribution in [-0.2, 0) is 16.4 Å². The molecule has 8 heteroatoms. The number of hydrogen-bond donors (Lipinski definition) is 1. The van der Waals surface area contributed by atoms with Gasteiger partial charge < -0.3 is 14.2 Å². The largest absolute Gasteiger partial charge is 0.459 e. The third kappa shape index (κ3) is 3.93. The molecule has 2 aromatic heterocycles. The van der Waals surface area contributed by atoms with Gasteiger partial charge in [-0.3, -0.25) is 0 Å². The highest BCUT2D eigenvalue weighted by Gasteiger charge is 2.29. The summed E-state index contributed by atoms with van der Waals surface area (Å²) in [5.41, 5.74) is 1.69. The number of hydrogen-bond acceptors (Lipinski definition) is 6. The number of furan rings is 1. The van der Waals surface area contributed by atoms with Crippen molar-refractivity contribution in [3.05, 3.63) is 83.9 Å². The Bertz CT molecular complexity index is 1210. The predicted octanol–water partition coefficient (Wildman–Crippen LogP) is 4.83. The molecule has 4 aromatic rings. The summed E-state index contributed by atoms with van der Waals surface area (Å²) in [7, 11) is -3.94. The topological polar surface area (TPSA) is 85.3 Å². The highest BCUT2D eigenvalue weighted by Crippen LogP contribution is 2.32. The number of nitrogens with zero attached hydrogens (tertiary/aromatic N) is 1. The van der Waals surface area contributed by atoms with Gasteiger partial charge in [0, 0.05) is 6.54 Å². The minimum atomic E-state index is -3.94. The van der Waals surface area contributed by atoms with E-state index in [0.717, 1.165) is 11.1 Å². The Morgan fingerprint density at radius 3 is 2.41 bits per heavy atom. The molecule has 0 unspecified atom stereocenters. The van der Waals surface area contributed by atoms with Gasteiger partial charge in [-0.15, -0.1) is 0 Å². The number of sulfone groups is 1. The van der Waals surface area contributed by atoms with Gasteiger partial charge in [0.1, 0.15) is 5.82 Å². The molecule has 29 heavy (non-hydrogen) atoms. The van der Waals surface area contributed by atoms with E-state index >= 15 is 0 Å². The van der Waals surface area contributed by atoms with Gasteiger partial charge in [0.15, 0.2) is 5.76 Å². The van der Waals surface area contributed by atoms with Gasteiger partial charge in [0.25, 0.3) is 5.89 Å². The highest BCUT2D eigenvalue weighted by molar-refractivity contribution is 7.91. The molecule has 4 rings (SSSR count). The van der Waals surface area contributed by atoms with Crippen LogP contribution in [0.3, 0.4) is 0 Å². The molecule has 0 aliphatic rings. The average molecular weight is 412 g/mol. The summed E-state index contributed by atoms with van der Waals surface area (Å²) < 4.78 is 50.4. The second-order valence-electron chi connectivity index (χ2n) is 6.43. The van der Waals surface area contributed by atoms with Crippen LogP contribution in [0.15, 0.2) is 85.7 Å². The van der Waals surface area contributed by atoms with E-state index in [4.69, 9.17) is 8.83 Å². The van der Waals surface area contributed by atoms with E-state index in [1.807, 2.05) is 6.92 Å². The first-order valence-electron chi connectivity index (χ1n) is 8.78. The van der Waals surface area contributed by atoms with Crippen LogP contribution in [0.4, 0.5) is 10.3 Å². The molecule has 0 bridgehead atoms. The zero-order valence-electron chi connectivity index (χ0n) is 15.4. The molecule has 6 nitrogen and oxygen atoms in total. The van der Waals surface area contributed by atoms with Crippen LogP contribution in [0.1, 0.15) is 11.1 Å². The van der Waals surface area contributed by atoms with Gasteiger partial charge in [-0.25, -0.2) is 12.8 Å².